The second-order valence-corrected chi connectivity index (χ2v) is 6.38. The van der Waals surface area contributed by atoms with Gasteiger partial charge in [-0.15, -0.1) is 11.6 Å². The molecule has 21 heavy (non-hydrogen) atoms. The minimum atomic E-state index is -0.205. The Morgan fingerprint density at radius 3 is 2.38 bits per heavy atom. The van der Waals surface area contributed by atoms with Crippen molar-refractivity contribution in [2.75, 3.05) is 14.2 Å². The number of alkyl halides is 1. The topological polar surface area (TPSA) is 18.5 Å². The van der Waals surface area contributed by atoms with Crippen LogP contribution in [0.3, 0.4) is 0 Å². The van der Waals surface area contributed by atoms with Crippen molar-refractivity contribution in [1.82, 2.24) is 0 Å². The van der Waals surface area contributed by atoms with Crippen LogP contribution >= 0.6 is 39.1 Å². The maximum Gasteiger partial charge on any atom is 0.160 e. The van der Waals surface area contributed by atoms with Crippen molar-refractivity contribution in [2.24, 2.45) is 0 Å². The summed E-state index contributed by atoms with van der Waals surface area (Å²) >= 11 is 16.1. The molecule has 0 radical (unpaired) electrons. The van der Waals surface area contributed by atoms with Gasteiger partial charge >= 0.3 is 0 Å². The molecule has 0 N–H and O–H groups in total. The second kappa shape index (κ2) is 7.39. The first-order chi connectivity index (χ1) is 10.0. The van der Waals surface area contributed by atoms with E-state index in [0.29, 0.717) is 22.9 Å². The molecule has 0 saturated heterocycles. The van der Waals surface area contributed by atoms with Gasteiger partial charge in [0, 0.05) is 9.50 Å². The van der Waals surface area contributed by atoms with Gasteiger partial charge in [0.25, 0.3) is 0 Å². The Morgan fingerprint density at radius 1 is 1.05 bits per heavy atom. The molecular weight excluding hydrogens is 375 g/mol. The van der Waals surface area contributed by atoms with Crippen molar-refractivity contribution in [3.63, 3.8) is 0 Å². The van der Waals surface area contributed by atoms with Crippen LogP contribution in [-0.4, -0.2) is 14.2 Å². The summed E-state index contributed by atoms with van der Waals surface area (Å²) in [6.45, 7) is 0. The van der Waals surface area contributed by atoms with E-state index in [1.807, 2.05) is 36.4 Å². The van der Waals surface area contributed by atoms with Crippen molar-refractivity contribution >= 4 is 39.1 Å². The predicted octanol–water partition coefficient (Wildman–Crippen LogP) is 5.64. The minimum Gasteiger partial charge on any atom is -0.493 e. The van der Waals surface area contributed by atoms with E-state index in [2.05, 4.69) is 15.9 Å². The van der Waals surface area contributed by atoms with Crippen molar-refractivity contribution in [2.45, 2.75) is 11.8 Å². The molecule has 0 aliphatic rings. The fourth-order valence-corrected chi connectivity index (χ4v) is 3.31. The van der Waals surface area contributed by atoms with Crippen LogP contribution in [0, 0.1) is 0 Å². The summed E-state index contributed by atoms with van der Waals surface area (Å²) in [5.41, 5.74) is 1.97. The SMILES string of the molecule is COc1ccc(CC(Cl)c2ccc(Br)cc2Cl)cc1OC. The molecule has 1 atom stereocenters. The minimum absolute atomic E-state index is 0.205. The van der Waals surface area contributed by atoms with Gasteiger partial charge in [-0.1, -0.05) is 39.7 Å². The highest BCUT2D eigenvalue weighted by atomic mass is 79.9. The van der Waals surface area contributed by atoms with E-state index in [1.54, 1.807) is 14.2 Å². The Bertz CT molecular complexity index is 632. The molecule has 0 heterocycles. The summed E-state index contributed by atoms with van der Waals surface area (Å²) in [4.78, 5) is 0. The molecule has 0 aliphatic heterocycles. The maximum absolute atomic E-state index is 6.50. The van der Waals surface area contributed by atoms with Gasteiger partial charge < -0.3 is 9.47 Å². The molecule has 2 aromatic rings. The Hall–Kier alpha value is -0.900. The molecular formula is C16H15BrCl2O2. The zero-order chi connectivity index (χ0) is 15.4. The van der Waals surface area contributed by atoms with Crippen LogP contribution in [-0.2, 0) is 6.42 Å². The average molecular weight is 390 g/mol. The zero-order valence-corrected chi connectivity index (χ0v) is 14.8. The Labute approximate surface area is 143 Å². The molecule has 0 spiro atoms. The molecule has 5 heteroatoms. The molecule has 2 rings (SSSR count). The van der Waals surface area contributed by atoms with E-state index < -0.39 is 0 Å². The average Bonchev–Trinajstić information content (AvgIpc) is 2.46. The summed E-state index contributed by atoms with van der Waals surface area (Å²) in [6.07, 6.45) is 0.656. The van der Waals surface area contributed by atoms with E-state index in [9.17, 15) is 0 Å². The van der Waals surface area contributed by atoms with Crippen LogP contribution in [0.4, 0.5) is 0 Å². The first-order valence-corrected chi connectivity index (χ1v) is 7.95. The zero-order valence-electron chi connectivity index (χ0n) is 11.7. The highest BCUT2D eigenvalue weighted by Gasteiger charge is 2.14. The van der Waals surface area contributed by atoms with Gasteiger partial charge in [-0.25, -0.2) is 0 Å². The number of methoxy groups -OCH3 is 2. The van der Waals surface area contributed by atoms with Crippen LogP contribution in [0.2, 0.25) is 5.02 Å². The van der Waals surface area contributed by atoms with Crippen molar-refractivity contribution in [1.29, 1.82) is 0 Å². The molecule has 2 aromatic carbocycles. The number of rotatable bonds is 5. The van der Waals surface area contributed by atoms with Gasteiger partial charge in [-0.2, -0.15) is 0 Å². The standard InChI is InChI=1S/C16H15BrCl2O2/c1-20-15-6-3-10(8-16(15)21-2)7-13(18)12-5-4-11(17)9-14(12)19/h3-6,8-9,13H,7H2,1-2H3. The fraction of sp³-hybridized carbons (Fsp3) is 0.250. The molecule has 0 saturated carbocycles. The molecule has 2 nitrogen and oxygen atoms in total. The summed E-state index contributed by atoms with van der Waals surface area (Å²) in [5.74, 6) is 1.40. The highest BCUT2D eigenvalue weighted by Crippen LogP contribution is 2.34. The molecule has 112 valence electrons. The summed E-state index contributed by atoms with van der Waals surface area (Å²) in [6, 6.07) is 11.5. The van der Waals surface area contributed by atoms with Gasteiger partial charge in [0.1, 0.15) is 0 Å². The smallest absolute Gasteiger partial charge is 0.160 e. The van der Waals surface area contributed by atoms with Gasteiger partial charge in [0.05, 0.1) is 19.6 Å². The molecule has 0 aromatic heterocycles. The summed E-state index contributed by atoms with van der Waals surface area (Å²) in [5, 5.41) is 0.452. The van der Waals surface area contributed by atoms with E-state index in [1.165, 1.54) is 0 Å². The van der Waals surface area contributed by atoms with Crippen LogP contribution in [0.25, 0.3) is 0 Å². The number of hydrogen-bond acceptors (Lipinski definition) is 2. The Kier molecular flexibility index (Phi) is 5.80. The number of benzene rings is 2. The van der Waals surface area contributed by atoms with Crippen LogP contribution in [0.15, 0.2) is 40.9 Å². The van der Waals surface area contributed by atoms with Gasteiger partial charge in [0.2, 0.25) is 0 Å². The lowest BCUT2D eigenvalue weighted by molar-refractivity contribution is 0.354. The fourth-order valence-electron chi connectivity index (χ4n) is 2.08. The third-order valence-electron chi connectivity index (χ3n) is 3.16. The van der Waals surface area contributed by atoms with Crippen molar-refractivity contribution < 1.29 is 9.47 Å². The normalized spacial score (nSPS) is 12.0. The lowest BCUT2D eigenvalue weighted by Crippen LogP contribution is -1.98. The predicted molar refractivity (Wildman–Crippen MR) is 91.0 cm³/mol. The van der Waals surface area contributed by atoms with Crippen molar-refractivity contribution in [3.05, 3.63) is 57.0 Å². The lowest BCUT2D eigenvalue weighted by atomic mass is 10.0. The van der Waals surface area contributed by atoms with Crippen LogP contribution in [0.1, 0.15) is 16.5 Å². The first kappa shape index (κ1) is 16.5. The quantitative estimate of drug-likeness (QED) is 0.615. The van der Waals surface area contributed by atoms with Crippen LogP contribution < -0.4 is 9.47 Å². The molecule has 0 aliphatic carbocycles. The number of halogens is 3. The second-order valence-electron chi connectivity index (χ2n) is 4.53. The monoisotopic (exact) mass is 388 g/mol. The highest BCUT2D eigenvalue weighted by molar-refractivity contribution is 9.10. The van der Waals surface area contributed by atoms with Crippen molar-refractivity contribution in [3.8, 4) is 11.5 Å². The van der Waals surface area contributed by atoms with E-state index >= 15 is 0 Å². The summed E-state index contributed by atoms with van der Waals surface area (Å²) in [7, 11) is 3.23. The Balaban J connectivity index is 2.21. The number of hydrogen-bond donors (Lipinski definition) is 0. The van der Waals surface area contributed by atoms with E-state index in [4.69, 9.17) is 32.7 Å². The first-order valence-electron chi connectivity index (χ1n) is 6.35. The van der Waals surface area contributed by atoms with Gasteiger partial charge in [-0.3, -0.25) is 0 Å². The molecule has 0 bridgehead atoms. The molecule has 0 fully saturated rings. The lowest BCUT2D eigenvalue weighted by Gasteiger charge is -2.14. The molecule has 0 amide bonds. The Morgan fingerprint density at radius 2 is 1.76 bits per heavy atom. The van der Waals surface area contributed by atoms with Crippen LogP contribution in [0.5, 0.6) is 11.5 Å². The third-order valence-corrected chi connectivity index (χ3v) is 4.37. The maximum atomic E-state index is 6.50. The van der Waals surface area contributed by atoms with Gasteiger partial charge in [-0.05, 0) is 41.8 Å². The summed E-state index contributed by atoms with van der Waals surface area (Å²) < 4.78 is 11.5. The van der Waals surface area contributed by atoms with Gasteiger partial charge in [0.15, 0.2) is 11.5 Å². The molecule has 1 unspecified atom stereocenters. The third kappa shape index (κ3) is 4.06. The van der Waals surface area contributed by atoms with E-state index in [-0.39, 0.29) is 5.38 Å². The van der Waals surface area contributed by atoms with E-state index in [0.717, 1.165) is 15.6 Å². The largest absolute Gasteiger partial charge is 0.493 e. The number of ether oxygens (including phenoxy) is 2.